The Balaban J connectivity index is 1.55. The van der Waals surface area contributed by atoms with Gasteiger partial charge >= 0.3 is 6.03 Å². The van der Waals surface area contributed by atoms with Crippen molar-refractivity contribution in [3.63, 3.8) is 0 Å². The quantitative estimate of drug-likeness (QED) is 0.722. The van der Waals surface area contributed by atoms with Crippen molar-refractivity contribution in [2.24, 2.45) is 0 Å². The summed E-state index contributed by atoms with van der Waals surface area (Å²) in [4.78, 5) is 26.4. The Labute approximate surface area is 156 Å². The minimum absolute atomic E-state index is 0.193. The van der Waals surface area contributed by atoms with Crippen LogP contribution in [0.2, 0.25) is 0 Å². The molecule has 1 fully saturated rings. The van der Waals surface area contributed by atoms with Crippen molar-refractivity contribution < 1.29 is 14.0 Å². The molecule has 138 valence electrons. The molecule has 3 aromatic rings. The number of hydrogen-bond acceptors (Lipinski definition) is 4. The van der Waals surface area contributed by atoms with Crippen molar-refractivity contribution in [3.05, 3.63) is 71.4 Å². The normalized spacial score (nSPS) is 19.6. The lowest BCUT2D eigenvalue weighted by atomic mass is 9.99. The van der Waals surface area contributed by atoms with Crippen LogP contribution in [0.3, 0.4) is 0 Å². The first kappa shape index (κ1) is 17.1. The summed E-state index contributed by atoms with van der Waals surface area (Å²) in [5.74, 6) is 0.0910. The molecule has 1 saturated heterocycles. The monoisotopic (exact) mass is 364 g/mol. The summed E-state index contributed by atoms with van der Waals surface area (Å²) in [6.45, 7) is 5.79. The van der Waals surface area contributed by atoms with Crippen molar-refractivity contribution in [2.45, 2.75) is 32.9 Å². The number of nitrogens with one attached hydrogen (secondary N) is 1. The minimum Gasteiger partial charge on any atom is -0.466 e. The van der Waals surface area contributed by atoms with Crippen LogP contribution in [0.5, 0.6) is 0 Å². The molecule has 1 aromatic carbocycles. The average Bonchev–Trinajstić information content (AvgIpc) is 3.33. The van der Waals surface area contributed by atoms with Crippen molar-refractivity contribution in [1.82, 2.24) is 20.0 Å². The van der Waals surface area contributed by atoms with Crippen LogP contribution in [-0.4, -0.2) is 26.6 Å². The summed E-state index contributed by atoms with van der Waals surface area (Å²) in [6.07, 6.45) is 1.49. The smallest absolute Gasteiger partial charge is 0.325 e. The van der Waals surface area contributed by atoms with Crippen LogP contribution in [0, 0.1) is 13.8 Å². The van der Waals surface area contributed by atoms with Crippen LogP contribution in [0.15, 0.2) is 53.1 Å². The first-order chi connectivity index (χ1) is 12.9. The zero-order valence-corrected chi connectivity index (χ0v) is 15.4. The topological polar surface area (TPSA) is 80.4 Å². The maximum atomic E-state index is 12.8. The second-order valence-electron chi connectivity index (χ2n) is 6.93. The van der Waals surface area contributed by atoms with E-state index in [1.807, 2.05) is 48.9 Å². The molecule has 1 atom stereocenters. The van der Waals surface area contributed by atoms with Gasteiger partial charge in [-0.05, 0) is 56.7 Å². The lowest BCUT2D eigenvalue weighted by Crippen LogP contribution is -2.40. The van der Waals surface area contributed by atoms with Gasteiger partial charge in [-0.25, -0.2) is 9.48 Å². The lowest BCUT2D eigenvalue weighted by molar-refractivity contribution is -0.132. The van der Waals surface area contributed by atoms with Crippen LogP contribution in [-0.2, 0) is 16.9 Å². The van der Waals surface area contributed by atoms with Gasteiger partial charge in [0.25, 0.3) is 5.91 Å². The third-order valence-corrected chi connectivity index (χ3v) is 4.82. The molecule has 0 spiro atoms. The van der Waals surface area contributed by atoms with E-state index in [1.165, 1.54) is 11.2 Å². The van der Waals surface area contributed by atoms with E-state index in [0.29, 0.717) is 5.76 Å². The van der Waals surface area contributed by atoms with E-state index in [0.717, 1.165) is 22.6 Å². The number of aryl methyl sites for hydroxylation is 2. The molecule has 4 rings (SSSR count). The fourth-order valence-electron chi connectivity index (χ4n) is 3.39. The lowest BCUT2D eigenvalue weighted by Gasteiger charge is -2.19. The van der Waals surface area contributed by atoms with Gasteiger partial charge in [0.05, 0.1) is 24.2 Å². The third-order valence-electron chi connectivity index (χ3n) is 4.82. The number of aromatic nitrogens is 2. The van der Waals surface area contributed by atoms with Crippen LogP contribution in [0.4, 0.5) is 4.79 Å². The van der Waals surface area contributed by atoms with Gasteiger partial charge in [-0.15, -0.1) is 0 Å². The highest BCUT2D eigenvalue weighted by atomic mass is 16.3. The van der Waals surface area contributed by atoms with Gasteiger partial charge in [-0.2, -0.15) is 5.10 Å². The van der Waals surface area contributed by atoms with E-state index in [4.69, 9.17) is 4.42 Å². The van der Waals surface area contributed by atoms with Crippen molar-refractivity contribution in [1.29, 1.82) is 0 Å². The van der Waals surface area contributed by atoms with Gasteiger partial charge in [0.15, 0.2) is 5.54 Å². The largest absolute Gasteiger partial charge is 0.466 e. The third kappa shape index (κ3) is 2.81. The Hall–Kier alpha value is -3.35. The Bertz CT molecular complexity index is 1000. The van der Waals surface area contributed by atoms with E-state index in [1.54, 1.807) is 19.1 Å². The predicted molar refractivity (Wildman–Crippen MR) is 98.2 cm³/mol. The van der Waals surface area contributed by atoms with E-state index in [-0.39, 0.29) is 12.5 Å². The second-order valence-corrected chi connectivity index (χ2v) is 6.93. The first-order valence-corrected chi connectivity index (χ1v) is 8.69. The summed E-state index contributed by atoms with van der Waals surface area (Å²) in [6, 6.07) is 12.6. The van der Waals surface area contributed by atoms with Gasteiger partial charge in [0.2, 0.25) is 0 Å². The molecule has 3 amide bonds. The fraction of sp³-hybridized carbons (Fsp3) is 0.250. The molecule has 0 unspecified atom stereocenters. The number of hydrogen-bond donors (Lipinski definition) is 1. The van der Waals surface area contributed by atoms with E-state index in [9.17, 15) is 9.59 Å². The number of nitrogens with zero attached hydrogens (tertiary/aromatic N) is 3. The Kier molecular flexibility index (Phi) is 3.87. The van der Waals surface area contributed by atoms with E-state index < -0.39 is 11.6 Å². The molecule has 7 nitrogen and oxygen atoms in total. The number of carbonyl (C=O) groups is 2. The SMILES string of the molecule is Cc1cc(C)n(-c2ccc(CN3C(=O)N[C@@](C)(c4ccco4)C3=O)cc2)n1. The molecule has 3 heterocycles. The van der Waals surface area contributed by atoms with Gasteiger partial charge in [-0.3, -0.25) is 9.69 Å². The Morgan fingerprint density at radius 1 is 1.15 bits per heavy atom. The molecule has 0 aliphatic carbocycles. The molecular formula is C20H20N4O3. The molecule has 0 bridgehead atoms. The summed E-state index contributed by atoms with van der Waals surface area (Å²) < 4.78 is 7.21. The van der Waals surface area contributed by atoms with Crippen LogP contribution < -0.4 is 5.32 Å². The summed E-state index contributed by atoms with van der Waals surface area (Å²) in [5, 5.41) is 7.19. The molecule has 1 N–H and O–H groups in total. The number of amides is 3. The summed E-state index contributed by atoms with van der Waals surface area (Å²) in [7, 11) is 0. The maximum Gasteiger partial charge on any atom is 0.325 e. The highest BCUT2D eigenvalue weighted by molar-refractivity contribution is 6.06. The predicted octanol–water partition coefficient (Wildman–Crippen LogP) is 3.05. The van der Waals surface area contributed by atoms with E-state index >= 15 is 0 Å². The standard InChI is InChI=1S/C20H20N4O3/c1-13-11-14(2)24(22-13)16-8-6-15(7-9-16)12-23-18(25)20(3,21-19(23)26)17-5-4-10-27-17/h4-11H,12H2,1-3H3,(H,21,26)/t20-/m0/s1. The number of furan rings is 1. The van der Waals surface area contributed by atoms with Gasteiger partial charge < -0.3 is 9.73 Å². The van der Waals surface area contributed by atoms with Gasteiger partial charge in [-0.1, -0.05) is 12.1 Å². The molecule has 1 aliphatic heterocycles. The first-order valence-electron chi connectivity index (χ1n) is 8.69. The molecule has 7 heteroatoms. The molecule has 0 saturated carbocycles. The summed E-state index contributed by atoms with van der Waals surface area (Å²) in [5.41, 5.74) is 2.61. The number of urea groups is 1. The highest BCUT2D eigenvalue weighted by Gasteiger charge is 2.50. The molecular weight excluding hydrogens is 344 g/mol. The second kappa shape index (κ2) is 6.12. The molecule has 2 aromatic heterocycles. The molecule has 1 aliphatic rings. The Morgan fingerprint density at radius 2 is 1.89 bits per heavy atom. The zero-order chi connectivity index (χ0) is 19.2. The Morgan fingerprint density at radius 3 is 2.48 bits per heavy atom. The van der Waals surface area contributed by atoms with Crippen molar-refractivity contribution in [2.75, 3.05) is 0 Å². The van der Waals surface area contributed by atoms with Crippen molar-refractivity contribution >= 4 is 11.9 Å². The van der Waals surface area contributed by atoms with Crippen LogP contribution in [0.25, 0.3) is 5.69 Å². The zero-order valence-electron chi connectivity index (χ0n) is 15.4. The number of carbonyl (C=O) groups excluding carboxylic acids is 2. The number of benzene rings is 1. The highest BCUT2D eigenvalue weighted by Crippen LogP contribution is 2.30. The summed E-state index contributed by atoms with van der Waals surface area (Å²) >= 11 is 0. The van der Waals surface area contributed by atoms with Gasteiger partial charge in [0.1, 0.15) is 5.76 Å². The van der Waals surface area contributed by atoms with Crippen molar-refractivity contribution in [3.8, 4) is 5.69 Å². The maximum absolute atomic E-state index is 12.8. The van der Waals surface area contributed by atoms with E-state index in [2.05, 4.69) is 10.4 Å². The average molecular weight is 364 g/mol. The van der Waals surface area contributed by atoms with Gasteiger partial charge in [0, 0.05) is 5.69 Å². The number of rotatable bonds is 4. The molecule has 0 radical (unpaired) electrons. The van der Waals surface area contributed by atoms with Crippen LogP contribution >= 0.6 is 0 Å². The number of imide groups is 1. The fourth-order valence-corrected chi connectivity index (χ4v) is 3.39. The minimum atomic E-state index is -1.18. The van der Waals surface area contributed by atoms with Crippen LogP contribution in [0.1, 0.15) is 29.6 Å². The molecule has 27 heavy (non-hydrogen) atoms.